The lowest BCUT2D eigenvalue weighted by Crippen LogP contribution is -2.28. The van der Waals surface area contributed by atoms with E-state index in [0.717, 1.165) is 32.2 Å². The van der Waals surface area contributed by atoms with Crippen molar-refractivity contribution < 1.29 is 9.90 Å². The van der Waals surface area contributed by atoms with Gasteiger partial charge in [-0.25, -0.2) is 0 Å². The molecule has 0 aromatic heterocycles. The number of rotatable bonds is 6. The van der Waals surface area contributed by atoms with Crippen LogP contribution in [0.3, 0.4) is 0 Å². The van der Waals surface area contributed by atoms with E-state index >= 15 is 0 Å². The Balaban J connectivity index is 1.73. The van der Waals surface area contributed by atoms with E-state index in [-0.39, 0.29) is 6.42 Å². The monoisotopic (exact) mass is 295 g/mol. The van der Waals surface area contributed by atoms with Crippen LogP contribution in [0.1, 0.15) is 37.7 Å². The highest BCUT2D eigenvalue weighted by molar-refractivity contribution is 5.80. The first-order valence-corrected chi connectivity index (χ1v) is 7.92. The normalized spacial score (nSPS) is 15.7. The Morgan fingerprint density at radius 2 is 2.05 bits per heavy atom. The molecular weight excluding hydrogens is 274 g/mol. The van der Waals surface area contributed by atoms with Crippen molar-refractivity contribution in [2.24, 2.45) is 0 Å². The van der Waals surface area contributed by atoms with E-state index in [0.29, 0.717) is 0 Å². The number of nitrogens with zero attached hydrogens (tertiary/aromatic N) is 1. The first-order valence-electron chi connectivity index (χ1n) is 7.92. The number of carboxylic acid groups (broad SMARTS) is 1. The van der Waals surface area contributed by atoms with Crippen LogP contribution in [0.25, 0.3) is 6.08 Å². The standard InChI is InChI=1S/C19H21NO2/c21-19(22)12-2-1-7-13-20-17-10-5-3-8-15(17)14-16-9-4-6-11-18(16)20/h3-6,8,10-11,14H,1-2,7,9,12-13H2,(H,21,22). The molecule has 1 aliphatic carbocycles. The molecule has 3 nitrogen and oxygen atoms in total. The molecule has 2 aliphatic rings. The van der Waals surface area contributed by atoms with Crippen LogP contribution in [-0.4, -0.2) is 17.6 Å². The Bertz CT molecular complexity index is 655. The number of carbonyl (C=O) groups is 1. The zero-order valence-electron chi connectivity index (χ0n) is 12.7. The van der Waals surface area contributed by atoms with Gasteiger partial charge in [0, 0.05) is 24.4 Å². The highest BCUT2D eigenvalue weighted by Crippen LogP contribution is 2.37. The Kier molecular flexibility index (Phi) is 4.42. The molecule has 0 unspecified atom stereocenters. The maximum absolute atomic E-state index is 10.6. The molecule has 0 atom stereocenters. The summed E-state index contributed by atoms with van der Waals surface area (Å²) in [5, 5.41) is 8.71. The Labute approximate surface area is 131 Å². The van der Waals surface area contributed by atoms with Crippen LogP contribution >= 0.6 is 0 Å². The second-order valence-electron chi connectivity index (χ2n) is 5.77. The average molecular weight is 295 g/mol. The third-order valence-electron chi connectivity index (χ3n) is 4.18. The van der Waals surface area contributed by atoms with E-state index in [9.17, 15) is 4.79 Å². The predicted molar refractivity (Wildman–Crippen MR) is 89.7 cm³/mol. The minimum absolute atomic E-state index is 0.271. The Morgan fingerprint density at radius 1 is 1.18 bits per heavy atom. The third-order valence-corrected chi connectivity index (χ3v) is 4.18. The molecule has 0 fully saturated rings. The number of fused-ring (bicyclic) bond motifs is 2. The van der Waals surface area contributed by atoms with Gasteiger partial charge >= 0.3 is 5.97 Å². The largest absolute Gasteiger partial charge is 0.481 e. The van der Waals surface area contributed by atoms with Crippen molar-refractivity contribution in [2.75, 3.05) is 11.4 Å². The van der Waals surface area contributed by atoms with Crippen LogP contribution < -0.4 is 4.90 Å². The van der Waals surface area contributed by atoms with Gasteiger partial charge in [0.25, 0.3) is 0 Å². The number of anilines is 1. The van der Waals surface area contributed by atoms with Crippen LogP contribution in [-0.2, 0) is 4.79 Å². The van der Waals surface area contributed by atoms with E-state index in [1.807, 2.05) is 0 Å². The highest BCUT2D eigenvalue weighted by Gasteiger charge is 2.22. The first kappa shape index (κ1) is 14.6. The van der Waals surface area contributed by atoms with E-state index in [1.165, 1.54) is 22.5 Å². The van der Waals surface area contributed by atoms with Crippen molar-refractivity contribution in [3.8, 4) is 0 Å². The van der Waals surface area contributed by atoms with Crippen LogP contribution in [0.15, 0.2) is 53.8 Å². The lowest BCUT2D eigenvalue weighted by molar-refractivity contribution is -0.137. The number of aliphatic carboxylic acids is 1. The summed E-state index contributed by atoms with van der Waals surface area (Å²) in [7, 11) is 0. The SMILES string of the molecule is O=C(O)CCCCCN1C2=CC=CCC2=Cc2ccccc21. The quantitative estimate of drug-likeness (QED) is 0.792. The molecule has 1 aliphatic heterocycles. The van der Waals surface area contributed by atoms with Gasteiger partial charge in [-0.1, -0.05) is 36.8 Å². The molecular formula is C19H21NO2. The average Bonchev–Trinajstić information content (AvgIpc) is 2.53. The summed E-state index contributed by atoms with van der Waals surface area (Å²) in [4.78, 5) is 13.0. The molecule has 3 rings (SSSR count). The van der Waals surface area contributed by atoms with E-state index < -0.39 is 5.97 Å². The molecule has 0 bridgehead atoms. The molecule has 1 aromatic rings. The van der Waals surface area contributed by atoms with Gasteiger partial charge in [-0.2, -0.15) is 0 Å². The van der Waals surface area contributed by atoms with Crippen LogP contribution in [0.2, 0.25) is 0 Å². The number of benzene rings is 1. The van der Waals surface area contributed by atoms with Gasteiger partial charge < -0.3 is 10.0 Å². The van der Waals surface area contributed by atoms with Crippen molar-refractivity contribution in [1.29, 1.82) is 0 Å². The van der Waals surface area contributed by atoms with Gasteiger partial charge in [-0.05, 0) is 48.6 Å². The number of allylic oxidation sites excluding steroid dienone is 4. The van der Waals surface area contributed by atoms with Crippen LogP contribution in [0, 0.1) is 0 Å². The van der Waals surface area contributed by atoms with Gasteiger partial charge in [-0.3, -0.25) is 4.79 Å². The van der Waals surface area contributed by atoms with E-state index in [2.05, 4.69) is 53.5 Å². The molecule has 0 saturated carbocycles. The fourth-order valence-electron chi connectivity index (χ4n) is 3.10. The first-order chi connectivity index (χ1) is 10.8. The molecule has 1 heterocycles. The molecule has 0 saturated heterocycles. The summed E-state index contributed by atoms with van der Waals surface area (Å²) in [6, 6.07) is 8.48. The summed E-state index contributed by atoms with van der Waals surface area (Å²) in [5.74, 6) is -0.700. The fraction of sp³-hybridized carbons (Fsp3) is 0.316. The van der Waals surface area contributed by atoms with Crippen LogP contribution in [0.5, 0.6) is 0 Å². The molecule has 3 heteroatoms. The molecule has 114 valence electrons. The Morgan fingerprint density at radius 3 is 2.91 bits per heavy atom. The van der Waals surface area contributed by atoms with E-state index in [4.69, 9.17) is 5.11 Å². The number of hydrogen-bond donors (Lipinski definition) is 1. The topological polar surface area (TPSA) is 40.5 Å². The summed E-state index contributed by atoms with van der Waals surface area (Å²) in [6.45, 7) is 0.938. The summed E-state index contributed by atoms with van der Waals surface area (Å²) < 4.78 is 0. The minimum atomic E-state index is -0.700. The van der Waals surface area contributed by atoms with Crippen molar-refractivity contribution in [3.63, 3.8) is 0 Å². The lowest BCUT2D eigenvalue weighted by atomic mass is 9.94. The summed E-state index contributed by atoms with van der Waals surface area (Å²) >= 11 is 0. The zero-order valence-corrected chi connectivity index (χ0v) is 12.7. The second-order valence-corrected chi connectivity index (χ2v) is 5.77. The number of hydrogen-bond acceptors (Lipinski definition) is 2. The number of carboxylic acids is 1. The van der Waals surface area contributed by atoms with Gasteiger partial charge in [-0.15, -0.1) is 0 Å². The summed E-state index contributed by atoms with van der Waals surface area (Å²) in [6.07, 6.45) is 12.7. The summed E-state index contributed by atoms with van der Waals surface area (Å²) in [5.41, 5.74) is 5.19. The van der Waals surface area contributed by atoms with Crippen LogP contribution in [0.4, 0.5) is 5.69 Å². The van der Waals surface area contributed by atoms with Gasteiger partial charge in [0.15, 0.2) is 0 Å². The smallest absolute Gasteiger partial charge is 0.303 e. The molecule has 1 N–H and O–H groups in total. The maximum atomic E-state index is 10.6. The lowest BCUT2D eigenvalue weighted by Gasteiger charge is -2.35. The molecule has 0 radical (unpaired) electrons. The second kappa shape index (κ2) is 6.65. The predicted octanol–water partition coefficient (Wildman–Crippen LogP) is 4.38. The van der Waals surface area contributed by atoms with Gasteiger partial charge in [0.2, 0.25) is 0 Å². The Hall–Kier alpha value is -2.29. The zero-order chi connectivity index (χ0) is 15.4. The molecule has 0 spiro atoms. The van der Waals surface area contributed by atoms with Gasteiger partial charge in [0.1, 0.15) is 0 Å². The van der Waals surface area contributed by atoms with Gasteiger partial charge in [0.05, 0.1) is 0 Å². The molecule has 22 heavy (non-hydrogen) atoms. The number of unbranched alkanes of at least 4 members (excludes halogenated alkanes) is 2. The number of para-hydroxylation sites is 1. The van der Waals surface area contributed by atoms with Crippen molar-refractivity contribution >= 4 is 17.7 Å². The third kappa shape index (κ3) is 3.14. The van der Waals surface area contributed by atoms with Crippen molar-refractivity contribution in [2.45, 2.75) is 32.1 Å². The molecule has 1 aromatic carbocycles. The maximum Gasteiger partial charge on any atom is 0.303 e. The minimum Gasteiger partial charge on any atom is -0.481 e. The van der Waals surface area contributed by atoms with Crippen molar-refractivity contribution in [3.05, 3.63) is 59.3 Å². The van der Waals surface area contributed by atoms with Crippen molar-refractivity contribution in [1.82, 2.24) is 0 Å². The molecule has 0 amide bonds. The fourth-order valence-corrected chi connectivity index (χ4v) is 3.10. The van der Waals surface area contributed by atoms with E-state index in [1.54, 1.807) is 0 Å². The highest BCUT2D eigenvalue weighted by atomic mass is 16.4.